The predicted octanol–water partition coefficient (Wildman–Crippen LogP) is 6.21. The van der Waals surface area contributed by atoms with Crippen molar-refractivity contribution in [2.24, 2.45) is 0 Å². The number of anilines is 2. The van der Waals surface area contributed by atoms with Crippen LogP contribution in [-0.2, 0) is 9.84 Å². The van der Waals surface area contributed by atoms with Crippen LogP contribution in [0.2, 0.25) is 0 Å². The third-order valence-electron chi connectivity index (χ3n) is 6.94. The number of halogens is 2. The number of rotatable bonds is 4. The molecular formula is C24H30Cl2N2O2S. The van der Waals surface area contributed by atoms with Crippen LogP contribution in [0.5, 0.6) is 0 Å². The van der Waals surface area contributed by atoms with Crippen molar-refractivity contribution >= 4 is 44.4 Å². The summed E-state index contributed by atoms with van der Waals surface area (Å²) in [5, 5.41) is -0.0660. The lowest BCUT2D eigenvalue weighted by Crippen LogP contribution is -2.21. The highest BCUT2D eigenvalue weighted by molar-refractivity contribution is 7.91. The topological polar surface area (TPSA) is 86.2 Å². The Morgan fingerprint density at radius 1 is 0.677 bits per heavy atom. The van der Waals surface area contributed by atoms with Gasteiger partial charge in [0.25, 0.3) is 0 Å². The third-order valence-corrected chi connectivity index (χ3v) is 9.86. The fourth-order valence-corrected chi connectivity index (χ4v) is 7.63. The molecule has 2 aliphatic carbocycles. The van der Waals surface area contributed by atoms with Crippen molar-refractivity contribution in [3.05, 3.63) is 47.5 Å². The zero-order chi connectivity index (χ0) is 22.2. The quantitative estimate of drug-likeness (QED) is 0.401. The van der Waals surface area contributed by atoms with Gasteiger partial charge in [0.1, 0.15) is 0 Å². The smallest absolute Gasteiger partial charge is 0.210 e. The van der Waals surface area contributed by atoms with E-state index < -0.39 is 9.84 Å². The van der Waals surface area contributed by atoms with Gasteiger partial charge in [0.05, 0.1) is 21.2 Å². The van der Waals surface area contributed by atoms with E-state index in [9.17, 15) is 8.42 Å². The molecule has 0 bridgehead atoms. The highest BCUT2D eigenvalue weighted by atomic mass is 35.5. The number of benzene rings is 2. The molecule has 0 aliphatic heterocycles. The SMILES string of the molecule is Nc1c(C2CCCCC2Cl)cccc1S(=O)(=O)c1cccc(C2CCCCC2Cl)c1N. The summed E-state index contributed by atoms with van der Waals surface area (Å²) in [5.74, 6) is 0.127. The number of nitrogens with two attached hydrogens (primary N) is 2. The number of para-hydroxylation sites is 2. The van der Waals surface area contributed by atoms with Crippen LogP contribution < -0.4 is 11.5 Å². The fourth-order valence-electron chi connectivity index (χ4n) is 5.23. The number of sulfone groups is 1. The minimum atomic E-state index is -3.89. The Balaban J connectivity index is 1.76. The van der Waals surface area contributed by atoms with Crippen molar-refractivity contribution in [1.29, 1.82) is 0 Å². The van der Waals surface area contributed by atoms with Crippen LogP contribution in [0, 0.1) is 0 Å². The van der Waals surface area contributed by atoms with E-state index in [1.807, 2.05) is 12.1 Å². The van der Waals surface area contributed by atoms with Gasteiger partial charge >= 0.3 is 0 Å². The summed E-state index contributed by atoms with van der Waals surface area (Å²) in [6.45, 7) is 0. The average Bonchev–Trinajstić information content (AvgIpc) is 2.75. The van der Waals surface area contributed by atoms with Crippen molar-refractivity contribution in [3.63, 3.8) is 0 Å². The van der Waals surface area contributed by atoms with Crippen LogP contribution in [0.4, 0.5) is 11.4 Å². The monoisotopic (exact) mass is 480 g/mol. The maximum absolute atomic E-state index is 13.7. The van der Waals surface area contributed by atoms with E-state index in [2.05, 4.69) is 0 Å². The lowest BCUT2D eigenvalue weighted by Gasteiger charge is -2.29. The van der Waals surface area contributed by atoms with Gasteiger partial charge in [-0.25, -0.2) is 8.42 Å². The first-order valence-electron chi connectivity index (χ1n) is 11.1. The summed E-state index contributed by atoms with van der Waals surface area (Å²) >= 11 is 13.2. The average molecular weight is 481 g/mol. The Morgan fingerprint density at radius 2 is 1.06 bits per heavy atom. The van der Waals surface area contributed by atoms with Crippen molar-refractivity contribution in [1.82, 2.24) is 0 Å². The summed E-state index contributed by atoms with van der Waals surface area (Å²) in [6.07, 6.45) is 7.98. The van der Waals surface area contributed by atoms with Crippen molar-refractivity contribution in [2.45, 2.75) is 83.7 Å². The fraction of sp³-hybridized carbons (Fsp3) is 0.500. The Hall–Kier alpha value is -1.43. The van der Waals surface area contributed by atoms with Crippen LogP contribution >= 0.6 is 23.2 Å². The van der Waals surface area contributed by atoms with Gasteiger partial charge in [0.2, 0.25) is 9.84 Å². The maximum Gasteiger partial charge on any atom is 0.210 e. The van der Waals surface area contributed by atoms with E-state index in [0.29, 0.717) is 0 Å². The van der Waals surface area contributed by atoms with Gasteiger partial charge < -0.3 is 11.5 Å². The number of alkyl halides is 2. The molecule has 0 spiro atoms. The second kappa shape index (κ2) is 9.21. The molecule has 4 atom stereocenters. The van der Waals surface area contributed by atoms with Crippen LogP contribution in [-0.4, -0.2) is 19.2 Å². The summed E-state index contributed by atoms with van der Waals surface area (Å²) in [7, 11) is -3.89. The summed E-state index contributed by atoms with van der Waals surface area (Å²) < 4.78 is 27.4. The summed E-state index contributed by atoms with van der Waals surface area (Å²) in [4.78, 5) is 0.212. The Kier molecular flexibility index (Phi) is 6.76. The molecular weight excluding hydrogens is 451 g/mol. The van der Waals surface area contributed by atoms with Crippen LogP contribution in [0.25, 0.3) is 0 Å². The van der Waals surface area contributed by atoms with Gasteiger partial charge in [-0.15, -0.1) is 23.2 Å². The molecule has 0 aromatic heterocycles. The largest absolute Gasteiger partial charge is 0.397 e. The molecule has 0 radical (unpaired) electrons. The number of hydrogen-bond acceptors (Lipinski definition) is 4. The lowest BCUT2D eigenvalue weighted by atomic mass is 9.83. The Labute approximate surface area is 195 Å². The molecule has 0 amide bonds. The van der Waals surface area contributed by atoms with Gasteiger partial charge in [-0.05, 0) is 48.9 Å². The molecule has 2 aromatic carbocycles. The number of nitrogen functional groups attached to an aromatic ring is 2. The minimum Gasteiger partial charge on any atom is -0.397 e. The molecule has 2 aromatic rings. The van der Waals surface area contributed by atoms with E-state index in [1.165, 1.54) is 0 Å². The van der Waals surface area contributed by atoms with Crippen LogP contribution in [0.15, 0.2) is 46.2 Å². The first-order valence-corrected chi connectivity index (χ1v) is 13.5. The molecule has 4 nitrogen and oxygen atoms in total. The second-order valence-electron chi connectivity index (χ2n) is 8.84. The molecule has 0 saturated heterocycles. The molecule has 4 N–H and O–H groups in total. The normalized spacial score (nSPS) is 27.2. The van der Waals surface area contributed by atoms with Crippen molar-refractivity contribution < 1.29 is 8.42 Å². The van der Waals surface area contributed by atoms with E-state index >= 15 is 0 Å². The van der Waals surface area contributed by atoms with Crippen molar-refractivity contribution in [2.75, 3.05) is 11.5 Å². The first-order chi connectivity index (χ1) is 14.8. The molecule has 0 heterocycles. The van der Waals surface area contributed by atoms with Crippen LogP contribution in [0.1, 0.15) is 74.3 Å². The van der Waals surface area contributed by atoms with E-state index in [4.69, 9.17) is 34.7 Å². The highest BCUT2D eigenvalue weighted by Crippen LogP contribution is 2.44. The molecule has 2 saturated carbocycles. The molecule has 2 fully saturated rings. The van der Waals surface area contributed by atoms with E-state index in [-0.39, 0.29) is 43.8 Å². The maximum atomic E-state index is 13.7. The standard InChI is InChI=1S/C24H30Cl2N2O2S/c25-19-11-3-1-7-15(19)17-9-5-13-21(23(17)27)31(29,30)22-14-6-10-18(24(22)28)16-8-2-4-12-20(16)26/h5-6,9-10,13-16,19-20H,1-4,7-8,11-12,27-28H2. The molecule has 7 heteroatoms. The van der Waals surface area contributed by atoms with Gasteiger partial charge in [-0.1, -0.05) is 49.9 Å². The number of hydrogen-bond donors (Lipinski definition) is 2. The zero-order valence-corrected chi connectivity index (χ0v) is 19.9. The predicted molar refractivity (Wildman–Crippen MR) is 129 cm³/mol. The summed E-state index contributed by atoms with van der Waals surface area (Å²) in [6, 6.07) is 10.5. The molecule has 31 heavy (non-hydrogen) atoms. The van der Waals surface area contributed by atoms with Gasteiger partial charge in [-0.2, -0.15) is 0 Å². The zero-order valence-electron chi connectivity index (χ0n) is 17.6. The van der Waals surface area contributed by atoms with Gasteiger partial charge in [0, 0.05) is 22.6 Å². The molecule has 168 valence electrons. The molecule has 4 unspecified atom stereocenters. The Bertz CT molecular complexity index is 980. The third kappa shape index (κ3) is 4.29. The van der Waals surface area contributed by atoms with Gasteiger partial charge in [0.15, 0.2) is 0 Å². The van der Waals surface area contributed by atoms with Crippen molar-refractivity contribution in [3.8, 4) is 0 Å². The van der Waals surface area contributed by atoms with Gasteiger partial charge in [-0.3, -0.25) is 0 Å². The van der Waals surface area contributed by atoms with Crippen LogP contribution in [0.3, 0.4) is 0 Å². The molecule has 4 rings (SSSR count). The summed E-state index contributed by atoms with van der Waals surface area (Å²) in [5.41, 5.74) is 15.1. The molecule has 2 aliphatic rings. The second-order valence-corrected chi connectivity index (χ2v) is 11.8. The Morgan fingerprint density at radius 3 is 1.45 bits per heavy atom. The highest BCUT2D eigenvalue weighted by Gasteiger charge is 2.32. The van der Waals surface area contributed by atoms with E-state index in [0.717, 1.165) is 62.5 Å². The lowest BCUT2D eigenvalue weighted by molar-refractivity contribution is 0.451. The van der Waals surface area contributed by atoms with E-state index in [1.54, 1.807) is 24.3 Å². The minimum absolute atomic E-state index is 0.0330. The first kappa shape index (κ1) is 22.8.